The van der Waals surface area contributed by atoms with Gasteiger partial charge in [-0.3, -0.25) is 9.69 Å². The van der Waals surface area contributed by atoms with Gasteiger partial charge in [0.15, 0.2) is 5.69 Å². The first-order chi connectivity index (χ1) is 10.1. The third-order valence-electron chi connectivity index (χ3n) is 3.32. The van der Waals surface area contributed by atoms with E-state index in [1.807, 2.05) is 0 Å². The molecule has 1 aromatic rings. The molecule has 1 unspecified atom stereocenters. The third-order valence-corrected chi connectivity index (χ3v) is 3.32. The van der Waals surface area contributed by atoms with Crippen molar-refractivity contribution in [1.29, 1.82) is 0 Å². The number of carbonyl (C=O) groups is 1. The summed E-state index contributed by atoms with van der Waals surface area (Å²) in [6.45, 7) is 6.57. The van der Waals surface area contributed by atoms with Crippen molar-refractivity contribution in [3.63, 3.8) is 0 Å². The molecule has 0 aliphatic carbocycles. The Bertz CT molecular complexity index is 457. The fraction of sp³-hybridized carbons (Fsp3) is 0.643. The standard InChI is InChI=1S/C14H23N5O2/c1-11(10-19-6-8-21-9-7-19)15-13-5-4-12(16-17-13)14(20)18(2)3/h4-5,11H,6-10H2,1-3H3,(H,15,17). The zero-order valence-corrected chi connectivity index (χ0v) is 12.9. The molecule has 1 aliphatic rings. The van der Waals surface area contributed by atoms with E-state index in [0.29, 0.717) is 11.5 Å². The SMILES string of the molecule is CC(CN1CCOCC1)Nc1ccc(C(=O)N(C)C)nn1. The van der Waals surface area contributed by atoms with Crippen LogP contribution >= 0.6 is 0 Å². The van der Waals surface area contributed by atoms with E-state index in [-0.39, 0.29) is 11.9 Å². The van der Waals surface area contributed by atoms with E-state index >= 15 is 0 Å². The highest BCUT2D eigenvalue weighted by Gasteiger charge is 2.14. The first kappa shape index (κ1) is 15.7. The molecule has 0 radical (unpaired) electrons. The summed E-state index contributed by atoms with van der Waals surface area (Å²) < 4.78 is 5.33. The van der Waals surface area contributed by atoms with Crippen LogP contribution in [-0.4, -0.2) is 78.9 Å². The molecule has 7 heteroatoms. The van der Waals surface area contributed by atoms with Crippen LogP contribution in [0.5, 0.6) is 0 Å². The predicted molar refractivity (Wildman–Crippen MR) is 80.4 cm³/mol. The number of amides is 1. The van der Waals surface area contributed by atoms with Crippen LogP contribution in [0.15, 0.2) is 12.1 Å². The Morgan fingerprint density at radius 2 is 2.10 bits per heavy atom. The van der Waals surface area contributed by atoms with Crippen LogP contribution in [0.1, 0.15) is 17.4 Å². The van der Waals surface area contributed by atoms with Gasteiger partial charge in [0.1, 0.15) is 5.82 Å². The molecule has 0 bridgehead atoms. The van der Waals surface area contributed by atoms with Crippen molar-refractivity contribution in [2.24, 2.45) is 0 Å². The maximum Gasteiger partial charge on any atom is 0.273 e. The van der Waals surface area contributed by atoms with Gasteiger partial charge < -0.3 is 15.0 Å². The average Bonchev–Trinajstić information content (AvgIpc) is 2.48. The minimum Gasteiger partial charge on any atom is -0.379 e. The quantitative estimate of drug-likeness (QED) is 0.842. The van der Waals surface area contributed by atoms with Gasteiger partial charge in [-0.15, -0.1) is 10.2 Å². The van der Waals surface area contributed by atoms with E-state index in [1.165, 1.54) is 4.90 Å². The summed E-state index contributed by atoms with van der Waals surface area (Å²) >= 11 is 0. The monoisotopic (exact) mass is 293 g/mol. The lowest BCUT2D eigenvalue weighted by atomic mass is 10.2. The van der Waals surface area contributed by atoms with Gasteiger partial charge in [0.05, 0.1) is 13.2 Å². The molecule has 1 saturated heterocycles. The molecular weight excluding hydrogens is 270 g/mol. The minimum absolute atomic E-state index is 0.143. The van der Waals surface area contributed by atoms with Gasteiger partial charge in [-0.25, -0.2) is 0 Å². The summed E-state index contributed by atoms with van der Waals surface area (Å²) in [6.07, 6.45) is 0. The van der Waals surface area contributed by atoms with E-state index in [4.69, 9.17) is 4.74 Å². The van der Waals surface area contributed by atoms with Crippen molar-refractivity contribution in [1.82, 2.24) is 20.0 Å². The van der Waals surface area contributed by atoms with Gasteiger partial charge in [-0.1, -0.05) is 0 Å². The van der Waals surface area contributed by atoms with Crippen LogP contribution in [0.3, 0.4) is 0 Å². The van der Waals surface area contributed by atoms with E-state index in [1.54, 1.807) is 26.2 Å². The molecule has 0 spiro atoms. The Balaban J connectivity index is 1.86. The molecule has 116 valence electrons. The number of nitrogens with zero attached hydrogens (tertiary/aromatic N) is 4. The Labute approximate surface area is 125 Å². The lowest BCUT2D eigenvalue weighted by Crippen LogP contribution is -2.42. The average molecular weight is 293 g/mol. The highest BCUT2D eigenvalue weighted by molar-refractivity contribution is 5.91. The molecule has 1 aromatic heterocycles. The second kappa shape index (κ2) is 7.33. The molecule has 0 aromatic carbocycles. The van der Waals surface area contributed by atoms with Gasteiger partial charge in [0.2, 0.25) is 0 Å². The number of ether oxygens (including phenoxy) is 1. The van der Waals surface area contributed by atoms with Gasteiger partial charge in [0, 0.05) is 39.8 Å². The number of rotatable bonds is 5. The number of carbonyl (C=O) groups excluding carboxylic acids is 1. The number of morpholine rings is 1. The van der Waals surface area contributed by atoms with Crippen molar-refractivity contribution in [2.75, 3.05) is 52.3 Å². The number of anilines is 1. The second-order valence-electron chi connectivity index (χ2n) is 5.46. The van der Waals surface area contributed by atoms with Crippen molar-refractivity contribution in [3.05, 3.63) is 17.8 Å². The van der Waals surface area contributed by atoms with Crippen LogP contribution in [0.4, 0.5) is 5.82 Å². The van der Waals surface area contributed by atoms with Crippen LogP contribution in [0.2, 0.25) is 0 Å². The first-order valence-corrected chi connectivity index (χ1v) is 7.18. The summed E-state index contributed by atoms with van der Waals surface area (Å²) in [6, 6.07) is 3.74. The molecule has 1 aliphatic heterocycles. The normalized spacial score (nSPS) is 17.3. The highest BCUT2D eigenvalue weighted by atomic mass is 16.5. The molecule has 1 atom stereocenters. The van der Waals surface area contributed by atoms with E-state index in [9.17, 15) is 4.79 Å². The fourth-order valence-corrected chi connectivity index (χ4v) is 2.22. The molecule has 0 saturated carbocycles. The smallest absolute Gasteiger partial charge is 0.273 e. The lowest BCUT2D eigenvalue weighted by molar-refractivity contribution is 0.0368. The van der Waals surface area contributed by atoms with Gasteiger partial charge in [-0.2, -0.15) is 0 Å². The minimum atomic E-state index is -0.143. The lowest BCUT2D eigenvalue weighted by Gasteiger charge is -2.29. The van der Waals surface area contributed by atoms with Gasteiger partial charge in [-0.05, 0) is 19.1 Å². The number of nitrogens with one attached hydrogen (secondary N) is 1. The van der Waals surface area contributed by atoms with E-state index in [2.05, 4.69) is 27.3 Å². The Morgan fingerprint density at radius 3 is 2.67 bits per heavy atom. The van der Waals surface area contributed by atoms with Crippen LogP contribution < -0.4 is 5.32 Å². The van der Waals surface area contributed by atoms with Crippen molar-refractivity contribution >= 4 is 11.7 Å². The van der Waals surface area contributed by atoms with Crippen LogP contribution in [0, 0.1) is 0 Å². The summed E-state index contributed by atoms with van der Waals surface area (Å²) in [5, 5.41) is 11.3. The summed E-state index contributed by atoms with van der Waals surface area (Å²) in [4.78, 5) is 15.6. The Hall–Kier alpha value is -1.73. The van der Waals surface area contributed by atoms with Crippen molar-refractivity contribution in [2.45, 2.75) is 13.0 Å². The van der Waals surface area contributed by atoms with E-state index < -0.39 is 0 Å². The zero-order chi connectivity index (χ0) is 15.2. The molecular formula is C14H23N5O2. The molecule has 2 heterocycles. The van der Waals surface area contributed by atoms with Gasteiger partial charge in [0.25, 0.3) is 5.91 Å². The summed E-state index contributed by atoms with van der Waals surface area (Å²) in [7, 11) is 3.39. The fourth-order valence-electron chi connectivity index (χ4n) is 2.22. The molecule has 1 amide bonds. The largest absolute Gasteiger partial charge is 0.379 e. The predicted octanol–water partition coefficient (Wildman–Crippen LogP) is 0.311. The zero-order valence-electron chi connectivity index (χ0n) is 12.9. The topological polar surface area (TPSA) is 70.6 Å². The van der Waals surface area contributed by atoms with Gasteiger partial charge >= 0.3 is 0 Å². The number of aromatic nitrogens is 2. The summed E-state index contributed by atoms with van der Waals surface area (Å²) in [5.74, 6) is 0.543. The second-order valence-corrected chi connectivity index (χ2v) is 5.46. The highest BCUT2D eigenvalue weighted by Crippen LogP contribution is 2.07. The van der Waals surface area contributed by atoms with Crippen LogP contribution in [-0.2, 0) is 4.74 Å². The molecule has 2 rings (SSSR count). The Morgan fingerprint density at radius 1 is 1.38 bits per heavy atom. The maximum absolute atomic E-state index is 11.7. The molecule has 21 heavy (non-hydrogen) atoms. The van der Waals surface area contributed by atoms with Crippen LogP contribution in [0.25, 0.3) is 0 Å². The third kappa shape index (κ3) is 4.64. The van der Waals surface area contributed by atoms with Crippen molar-refractivity contribution < 1.29 is 9.53 Å². The number of hydrogen-bond donors (Lipinski definition) is 1. The molecule has 1 N–H and O–H groups in total. The van der Waals surface area contributed by atoms with Crippen molar-refractivity contribution in [3.8, 4) is 0 Å². The first-order valence-electron chi connectivity index (χ1n) is 7.18. The van der Waals surface area contributed by atoms with E-state index in [0.717, 1.165) is 32.8 Å². The summed E-state index contributed by atoms with van der Waals surface area (Å²) in [5.41, 5.74) is 0.353. The Kier molecular flexibility index (Phi) is 5.46. The molecule has 1 fully saturated rings. The number of hydrogen-bond acceptors (Lipinski definition) is 6. The molecule has 7 nitrogen and oxygen atoms in total. The maximum atomic E-state index is 11.7.